The van der Waals surface area contributed by atoms with Crippen LogP contribution in [0.25, 0.3) is 0 Å². The quantitative estimate of drug-likeness (QED) is 0.898. The molecule has 0 fully saturated rings. The molecule has 0 saturated carbocycles. The van der Waals surface area contributed by atoms with Gasteiger partial charge in [-0.15, -0.1) is 13.2 Å². The van der Waals surface area contributed by atoms with Crippen LogP contribution in [0.3, 0.4) is 0 Å². The van der Waals surface area contributed by atoms with E-state index >= 15 is 0 Å². The third-order valence-corrected chi connectivity index (χ3v) is 4.55. The first kappa shape index (κ1) is 15.5. The van der Waals surface area contributed by atoms with Crippen LogP contribution in [0.4, 0.5) is 13.2 Å². The summed E-state index contributed by atoms with van der Waals surface area (Å²) in [6.45, 7) is 5.01. The van der Waals surface area contributed by atoms with Crippen molar-refractivity contribution in [1.82, 2.24) is 5.32 Å². The summed E-state index contributed by atoms with van der Waals surface area (Å²) in [6.07, 6.45) is -3.66. The third kappa shape index (κ3) is 3.82. The van der Waals surface area contributed by atoms with E-state index in [1.165, 1.54) is 12.1 Å². The highest BCUT2D eigenvalue weighted by Gasteiger charge is 2.32. The van der Waals surface area contributed by atoms with Gasteiger partial charge in [-0.25, -0.2) is 0 Å². The van der Waals surface area contributed by atoms with Crippen LogP contribution in [-0.4, -0.2) is 18.2 Å². The largest absolute Gasteiger partial charge is 0.573 e. The van der Waals surface area contributed by atoms with Crippen molar-refractivity contribution in [2.75, 3.05) is 6.54 Å². The van der Waals surface area contributed by atoms with Crippen LogP contribution in [0.5, 0.6) is 5.75 Å². The summed E-state index contributed by atoms with van der Waals surface area (Å²) in [5, 5.41) is 3.74. The summed E-state index contributed by atoms with van der Waals surface area (Å²) < 4.78 is 40.9. The molecule has 2 atom stereocenters. The Morgan fingerprint density at radius 2 is 2.15 bits per heavy atom. The summed E-state index contributed by atoms with van der Waals surface area (Å²) in [6, 6.07) is 4.71. The summed E-state index contributed by atoms with van der Waals surface area (Å²) in [7, 11) is 0. The van der Waals surface area contributed by atoms with Crippen molar-refractivity contribution in [3.05, 3.63) is 29.3 Å². The van der Waals surface area contributed by atoms with Crippen LogP contribution in [0.15, 0.2) is 18.2 Å². The average Bonchev–Trinajstić information content (AvgIpc) is 2.36. The maximum absolute atomic E-state index is 12.3. The molecule has 0 radical (unpaired) electrons. The fourth-order valence-corrected chi connectivity index (χ4v) is 3.48. The van der Waals surface area contributed by atoms with Gasteiger partial charge in [-0.3, -0.25) is 0 Å². The second-order valence-corrected chi connectivity index (χ2v) is 6.22. The van der Waals surface area contributed by atoms with Crippen molar-refractivity contribution in [1.29, 1.82) is 0 Å². The Morgan fingerprint density at radius 1 is 1.40 bits per heavy atom. The molecule has 1 aliphatic rings. The minimum Gasteiger partial charge on any atom is -0.406 e. The number of hydrogen-bond donors (Lipinski definition) is 1. The van der Waals surface area contributed by atoms with Crippen molar-refractivity contribution in [2.45, 2.75) is 43.7 Å². The van der Waals surface area contributed by atoms with Gasteiger partial charge in [-0.2, -0.15) is 11.8 Å². The molecule has 112 valence electrons. The highest BCUT2D eigenvalue weighted by atomic mass is 32.2. The molecule has 1 aliphatic heterocycles. The molecule has 2 unspecified atom stereocenters. The highest BCUT2D eigenvalue weighted by molar-refractivity contribution is 7.99. The first-order chi connectivity index (χ1) is 9.40. The minimum absolute atomic E-state index is 0.0699. The van der Waals surface area contributed by atoms with Gasteiger partial charge in [0.2, 0.25) is 0 Å². The second-order valence-electron chi connectivity index (χ2n) is 4.86. The number of alkyl halides is 3. The molecular weight excluding hydrogens is 287 g/mol. The van der Waals surface area contributed by atoms with Crippen LogP contribution in [0.2, 0.25) is 0 Å². The topological polar surface area (TPSA) is 21.3 Å². The van der Waals surface area contributed by atoms with Gasteiger partial charge in [0, 0.05) is 17.0 Å². The maximum Gasteiger partial charge on any atom is 0.573 e. The average molecular weight is 305 g/mol. The van der Waals surface area contributed by atoms with E-state index < -0.39 is 6.36 Å². The van der Waals surface area contributed by atoms with Crippen molar-refractivity contribution < 1.29 is 17.9 Å². The number of fused-ring (bicyclic) bond motifs is 1. The molecule has 20 heavy (non-hydrogen) atoms. The number of thioether (sulfide) groups is 1. The molecule has 1 heterocycles. The predicted molar refractivity (Wildman–Crippen MR) is 74.9 cm³/mol. The van der Waals surface area contributed by atoms with Crippen molar-refractivity contribution in [3.63, 3.8) is 0 Å². The standard InChI is InChI=1S/C14H18F3NOS/c1-3-6-18-13-9(2)20-8-10-4-5-11(7-12(10)13)19-14(15,16)17/h4-5,7,9,13,18H,3,6,8H2,1-2H3. The van der Waals surface area contributed by atoms with Crippen molar-refractivity contribution in [3.8, 4) is 5.75 Å². The van der Waals surface area contributed by atoms with Crippen LogP contribution < -0.4 is 10.1 Å². The Morgan fingerprint density at radius 3 is 2.80 bits per heavy atom. The lowest BCUT2D eigenvalue weighted by Gasteiger charge is -2.32. The summed E-state index contributed by atoms with van der Waals surface area (Å²) in [5.74, 6) is 0.686. The van der Waals surface area contributed by atoms with E-state index in [0.717, 1.165) is 29.8 Å². The van der Waals surface area contributed by atoms with Gasteiger partial charge in [0.25, 0.3) is 0 Å². The minimum atomic E-state index is -4.64. The summed E-state index contributed by atoms with van der Waals surface area (Å²) >= 11 is 1.81. The number of halogens is 3. The van der Waals surface area contributed by atoms with Crippen LogP contribution in [0, 0.1) is 0 Å². The zero-order valence-corrected chi connectivity index (χ0v) is 12.3. The monoisotopic (exact) mass is 305 g/mol. The molecule has 0 bridgehead atoms. The van der Waals surface area contributed by atoms with E-state index in [9.17, 15) is 13.2 Å². The van der Waals surface area contributed by atoms with Gasteiger partial charge in [0.05, 0.1) is 0 Å². The van der Waals surface area contributed by atoms with E-state index in [1.807, 2.05) is 11.8 Å². The number of rotatable bonds is 4. The Hall–Kier alpha value is -0.880. The van der Waals surface area contributed by atoms with Crippen molar-refractivity contribution >= 4 is 11.8 Å². The Labute approximate surface area is 121 Å². The molecule has 2 rings (SSSR count). The van der Waals surface area contributed by atoms with Crippen LogP contribution >= 0.6 is 11.8 Å². The molecule has 2 nitrogen and oxygen atoms in total. The van der Waals surface area contributed by atoms with Crippen LogP contribution in [0.1, 0.15) is 37.4 Å². The first-order valence-corrected chi connectivity index (χ1v) is 7.69. The van der Waals surface area contributed by atoms with Gasteiger partial charge in [0.15, 0.2) is 0 Å². The predicted octanol–water partition coefficient (Wildman–Crippen LogP) is 4.26. The fourth-order valence-electron chi connectivity index (χ4n) is 2.34. The van der Waals surface area contributed by atoms with Gasteiger partial charge in [-0.1, -0.05) is 19.9 Å². The molecule has 1 N–H and O–H groups in total. The lowest BCUT2D eigenvalue weighted by molar-refractivity contribution is -0.274. The second kappa shape index (κ2) is 6.26. The van der Waals surface area contributed by atoms with E-state index in [4.69, 9.17) is 0 Å². The van der Waals surface area contributed by atoms with Crippen molar-refractivity contribution in [2.24, 2.45) is 0 Å². The normalized spacial score (nSPS) is 22.4. The third-order valence-electron chi connectivity index (χ3n) is 3.27. The summed E-state index contributed by atoms with van der Waals surface area (Å²) in [5.41, 5.74) is 2.00. The molecule has 6 heteroatoms. The Bertz CT molecular complexity index is 464. The van der Waals surface area contributed by atoms with E-state index in [0.29, 0.717) is 5.25 Å². The SMILES string of the molecule is CCCNC1c2cc(OC(F)(F)F)ccc2CSC1C. The first-order valence-electron chi connectivity index (χ1n) is 6.64. The maximum atomic E-state index is 12.3. The number of benzene rings is 1. The van der Waals surface area contributed by atoms with E-state index in [1.54, 1.807) is 6.07 Å². The van der Waals surface area contributed by atoms with Gasteiger partial charge in [0.1, 0.15) is 5.75 Å². The van der Waals surface area contributed by atoms with Crippen LogP contribution in [-0.2, 0) is 5.75 Å². The molecule has 0 aliphatic carbocycles. The molecule has 1 aromatic carbocycles. The lowest BCUT2D eigenvalue weighted by Crippen LogP contribution is -2.32. The lowest BCUT2D eigenvalue weighted by atomic mass is 9.97. The molecule has 1 aromatic rings. The number of nitrogens with one attached hydrogen (secondary N) is 1. The fraction of sp³-hybridized carbons (Fsp3) is 0.571. The molecule has 0 saturated heterocycles. The van der Waals surface area contributed by atoms with E-state index in [2.05, 4.69) is 23.9 Å². The highest BCUT2D eigenvalue weighted by Crippen LogP contribution is 2.39. The zero-order valence-electron chi connectivity index (χ0n) is 11.5. The van der Waals surface area contributed by atoms with Gasteiger partial charge >= 0.3 is 6.36 Å². The zero-order chi connectivity index (χ0) is 14.8. The number of ether oxygens (including phenoxy) is 1. The smallest absolute Gasteiger partial charge is 0.406 e. The van der Waals surface area contributed by atoms with Gasteiger partial charge < -0.3 is 10.1 Å². The van der Waals surface area contributed by atoms with Gasteiger partial charge in [-0.05, 0) is 36.2 Å². The Balaban J connectivity index is 2.26. The number of hydrogen-bond acceptors (Lipinski definition) is 3. The summed E-state index contributed by atoms with van der Waals surface area (Å²) in [4.78, 5) is 0. The van der Waals surface area contributed by atoms with E-state index in [-0.39, 0.29) is 11.8 Å². The molecule has 0 spiro atoms. The molecule has 0 amide bonds. The molecular formula is C14H18F3NOS. The Kier molecular flexibility index (Phi) is 4.86. The molecule has 0 aromatic heterocycles.